The lowest BCUT2D eigenvalue weighted by Gasteiger charge is -2.04. The van der Waals surface area contributed by atoms with Gasteiger partial charge >= 0.3 is 0 Å². The molecule has 4 heteroatoms. The first-order chi connectivity index (χ1) is 8.00. The number of aryl methyl sites for hydroxylation is 1. The molecule has 1 heterocycles. The van der Waals surface area contributed by atoms with Gasteiger partial charge in [0.1, 0.15) is 0 Å². The number of carbonyl (C=O) groups excluding carboxylic acids is 1. The van der Waals surface area contributed by atoms with Crippen LogP contribution in [0.15, 0.2) is 28.7 Å². The molecule has 0 aliphatic heterocycles. The maximum absolute atomic E-state index is 11.2. The van der Waals surface area contributed by atoms with Crippen molar-refractivity contribution in [2.75, 3.05) is 0 Å². The van der Waals surface area contributed by atoms with Crippen molar-refractivity contribution in [3.8, 4) is 5.69 Å². The molecule has 2 aromatic rings. The molecular weight excluding hydrogens is 280 g/mol. The average Bonchev–Trinajstić information content (AvgIpc) is 2.57. The van der Waals surface area contributed by atoms with Crippen molar-refractivity contribution in [2.45, 2.75) is 20.8 Å². The molecule has 0 amide bonds. The van der Waals surface area contributed by atoms with E-state index in [1.807, 2.05) is 42.8 Å². The average molecular weight is 293 g/mol. The second kappa shape index (κ2) is 4.45. The van der Waals surface area contributed by atoms with Crippen LogP contribution in [0.5, 0.6) is 0 Å². The van der Waals surface area contributed by atoms with Gasteiger partial charge in [0.15, 0.2) is 5.78 Å². The van der Waals surface area contributed by atoms with Crippen molar-refractivity contribution in [1.29, 1.82) is 0 Å². The van der Waals surface area contributed by atoms with E-state index in [9.17, 15) is 4.79 Å². The molecule has 0 atom stereocenters. The third-order valence-electron chi connectivity index (χ3n) is 2.72. The number of hydrogen-bond donors (Lipinski definition) is 0. The van der Waals surface area contributed by atoms with Crippen molar-refractivity contribution < 1.29 is 4.79 Å². The molecule has 88 valence electrons. The normalized spacial score (nSPS) is 10.6. The number of carbonyl (C=O) groups is 1. The van der Waals surface area contributed by atoms with Gasteiger partial charge in [0.25, 0.3) is 0 Å². The molecule has 0 unspecified atom stereocenters. The van der Waals surface area contributed by atoms with Crippen LogP contribution in [-0.2, 0) is 0 Å². The van der Waals surface area contributed by atoms with Crippen LogP contribution in [0.25, 0.3) is 5.69 Å². The first-order valence-corrected chi connectivity index (χ1v) is 6.13. The molecule has 0 saturated heterocycles. The van der Waals surface area contributed by atoms with Crippen molar-refractivity contribution in [3.05, 3.63) is 45.7 Å². The number of halogens is 1. The number of nitrogens with zero attached hydrogens (tertiary/aromatic N) is 2. The van der Waals surface area contributed by atoms with Gasteiger partial charge in [-0.15, -0.1) is 0 Å². The highest BCUT2D eigenvalue weighted by molar-refractivity contribution is 9.10. The van der Waals surface area contributed by atoms with Crippen LogP contribution in [0.1, 0.15) is 28.7 Å². The van der Waals surface area contributed by atoms with Crippen LogP contribution in [0.4, 0.5) is 0 Å². The van der Waals surface area contributed by atoms with Gasteiger partial charge in [-0.05, 0) is 61.0 Å². The fourth-order valence-corrected chi connectivity index (χ4v) is 1.96. The Bertz CT molecular complexity index is 570. The predicted molar refractivity (Wildman–Crippen MR) is 70.7 cm³/mol. The zero-order chi connectivity index (χ0) is 12.6. The Labute approximate surface area is 109 Å². The molecule has 0 aliphatic carbocycles. The Kier molecular flexibility index (Phi) is 3.15. The molecule has 0 saturated carbocycles. The van der Waals surface area contributed by atoms with E-state index >= 15 is 0 Å². The Hall–Kier alpha value is -1.42. The molecule has 0 radical (unpaired) electrons. The summed E-state index contributed by atoms with van der Waals surface area (Å²) < 4.78 is 2.89. The SMILES string of the molecule is CC(=O)c1ccc(-n2nc(C)c(Br)c2C)cc1. The fraction of sp³-hybridized carbons (Fsp3) is 0.231. The molecule has 0 fully saturated rings. The second-order valence-electron chi connectivity index (χ2n) is 4.00. The molecule has 1 aromatic heterocycles. The van der Waals surface area contributed by atoms with Crippen LogP contribution >= 0.6 is 15.9 Å². The second-order valence-corrected chi connectivity index (χ2v) is 4.79. The monoisotopic (exact) mass is 292 g/mol. The van der Waals surface area contributed by atoms with E-state index in [4.69, 9.17) is 0 Å². The van der Waals surface area contributed by atoms with Crippen LogP contribution in [0.2, 0.25) is 0 Å². The van der Waals surface area contributed by atoms with Crippen molar-refractivity contribution in [1.82, 2.24) is 9.78 Å². The Balaban J connectivity index is 2.47. The fourth-order valence-electron chi connectivity index (χ4n) is 1.71. The molecule has 2 rings (SSSR count). The van der Waals surface area contributed by atoms with Gasteiger partial charge in [0.05, 0.1) is 21.5 Å². The van der Waals surface area contributed by atoms with E-state index in [0.717, 1.165) is 21.5 Å². The molecular formula is C13H13BrN2O. The third-order valence-corrected chi connectivity index (χ3v) is 3.87. The molecule has 0 N–H and O–H groups in total. The zero-order valence-corrected chi connectivity index (χ0v) is 11.6. The van der Waals surface area contributed by atoms with Gasteiger partial charge < -0.3 is 0 Å². The van der Waals surface area contributed by atoms with E-state index < -0.39 is 0 Å². The molecule has 1 aromatic carbocycles. The van der Waals surface area contributed by atoms with Crippen LogP contribution in [0.3, 0.4) is 0 Å². The number of benzene rings is 1. The molecule has 0 bridgehead atoms. The number of ketones is 1. The highest BCUT2D eigenvalue weighted by Crippen LogP contribution is 2.23. The van der Waals surface area contributed by atoms with E-state index in [0.29, 0.717) is 5.56 Å². The van der Waals surface area contributed by atoms with Crippen molar-refractivity contribution in [3.63, 3.8) is 0 Å². The maximum Gasteiger partial charge on any atom is 0.159 e. The first kappa shape index (κ1) is 12.0. The van der Waals surface area contributed by atoms with Crippen LogP contribution < -0.4 is 0 Å². The van der Waals surface area contributed by atoms with Gasteiger partial charge in [-0.25, -0.2) is 4.68 Å². The van der Waals surface area contributed by atoms with Gasteiger partial charge in [0, 0.05) is 5.56 Å². The van der Waals surface area contributed by atoms with Gasteiger partial charge in [0.2, 0.25) is 0 Å². The molecule has 3 nitrogen and oxygen atoms in total. The van der Waals surface area contributed by atoms with Crippen LogP contribution in [0, 0.1) is 13.8 Å². The topological polar surface area (TPSA) is 34.9 Å². The third kappa shape index (κ3) is 2.17. The number of rotatable bonds is 2. The summed E-state index contributed by atoms with van der Waals surface area (Å²) in [6.07, 6.45) is 0. The molecule has 0 aliphatic rings. The summed E-state index contributed by atoms with van der Waals surface area (Å²) in [6.45, 7) is 5.52. The van der Waals surface area contributed by atoms with Gasteiger partial charge in [-0.3, -0.25) is 4.79 Å². The predicted octanol–water partition coefficient (Wildman–Crippen LogP) is 3.45. The first-order valence-electron chi connectivity index (χ1n) is 5.34. The minimum atomic E-state index is 0.0751. The van der Waals surface area contributed by atoms with E-state index in [1.165, 1.54) is 0 Å². The Morgan fingerprint density at radius 1 is 1.24 bits per heavy atom. The summed E-state index contributed by atoms with van der Waals surface area (Å²) in [4.78, 5) is 11.2. The Morgan fingerprint density at radius 2 is 1.82 bits per heavy atom. The van der Waals surface area contributed by atoms with Gasteiger partial charge in [-0.2, -0.15) is 5.10 Å². The summed E-state index contributed by atoms with van der Waals surface area (Å²) in [5, 5.41) is 4.44. The number of aromatic nitrogens is 2. The summed E-state index contributed by atoms with van der Waals surface area (Å²) >= 11 is 3.50. The maximum atomic E-state index is 11.2. The van der Waals surface area contributed by atoms with E-state index in [2.05, 4.69) is 21.0 Å². The van der Waals surface area contributed by atoms with Crippen LogP contribution in [-0.4, -0.2) is 15.6 Å². The summed E-state index contributed by atoms with van der Waals surface area (Å²) in [7, 11) is 0. The lowest BCUT2D eigenvalue weighted by molar-refractivity contribution is 0.101. The summed E-state index contributed by atoms with van der Waals surface area (Å²) in [5.74, 6) is 0.0751. The quantitative estimate of drug-likeness (QED) is 0.795. The molecule has 0 spiro atoms. The Morgan fingerprint density at radius 3 is 2.24 bits per heavy atom. The van der Waals surface area contributed by atoms with Crippen molar-refractivity contribution >= 4 is 21.7 Å². The van der Waals surface area contributed by atoms with E-state index in [1.54, 1.807) is 6.92 Å². The highest BCUT2D eigenvalue weighted by atomic mass is 79.9. The summed E-state index contributed by atoms with van der Waals surface area (Å²) in [6, 6.07) is 7.45. The molecule has 17 heavy (non-hydrogen) atoms. The largest absolute Gasteiger partial charge is 0.295 e. The number of hydrogen-bond acceptors (Lipinski definition) is 2. The van der Waals surface area contributed by atoms with Gasteiger partial charge in [-0.1, -0.05) is 0 Å². The smallest absolute Gasteiger partial charge is 0.159 e. The lowest BCUT2D eigenvalue weighted by atomic mass is 10.1. The standard InChI is InChI=1S/C13H13BrN2O/c1-8-13(14)9(2)16(15-8)12-6-4-11(5-7-12)10(3)17/h4-7H,1-3H3. The zero-order valence-electron chi connectivity index (χ0n) is 9.99. The minimum absolute atomic E-state index is 0.0751. The number of Topliss-reactive ketones (excluding diaryl/α,β-unsaturated/α-hetero) is 1. The summed E-state index contributed by atoms with van der Waals surface area (Å²) in [5.41, 5.74) is 3.69. The highest BCUT2D eigenvalue weighted by Gasteiger charge is 2.10. The minimum Gasteiger partial charge on any atom is -0.295 e. The lowest BCUT2D eigenvalue weighted by Crippen LogP contribution is -2.00. The van der Waals surface area contributed by atoms with Crippen molar-refractivity contribution in [2.24, 2.45) is 0 Å². The van der Waals surface area contributed by atoms with E-state index in [-0.39, 0.29) is 5.78 Å².